The number of hydrogen-bond acceptors (Lipinski definition) is 3. The number of rotatable bonds is 4. The van der Waals surface area contributed by atoms with Crippen LogP contribution in [-0.2, 0) is 13.0 Å². The Balaban J connectivity index is 2.44. The lowest BCUT2D eigenvalue weighted by atomic mass is 10.1. The summed E-state index contributed by atoms with van der Waals surface area (Å²) < 4.78 is 5.30. The monoisotopic (exact) mass is 265 g/mol. The van der Waals surface area contributed by atoms with Crippen LogP contribution < -0.4 is 10.5 Å². The zero-order valence-corrected chi connectivity index (χ0v) is 11.2. The van der Waals surface area contributed by atoms with Crippen LogP contribution in [0.2, 0.25) is 5.15 Å². The van der Waals surface area contributed by atoms with Crippen LogP contribution in [0.4, 0.5) is 0 Å². The number of nitrogens with zero attached hydrogens (tertiary/aromatic N) is 1. The molecular weight excluding hydrogens is 250 g/mol. The van der Waals surface area contributed by atoms with E-state index in [1.54, 1.807) is 7.11 Å². The quantitative estimate of drug-likeness (QED) is 0.893. The number of aryl methyl sites for hydroxylation is 1. The normalized spacial score (nSPS) is 10.7. The highest BCUT2D eigenvalue weighted by Gasteiger charge is 2.10. The minimum atomic E-state index is 0.350. The zero-order chi connectivity index (χ0) is 13.1. The molecule has 1 heterocycles. The van der Waals surface area contributed by atoms with Gasteiger partial charge in [0.25, 0.3) is 0 Å². The minimum absolute atomic E-state index is 0.350. The molecule has 2 rings (SSSR count). The number of H-pyrrole nitrogens is 1. The summed E-state index contributed by atoms with van der Waals surface area (Å²) in [6.45, 7) is 2.44. The third kappa shape index (κ3) is 2.35. The van der Waals surface area contributed by atoms with Crippen LogP contribution >= 0.6 is 11.6 Å². The summed E-state index contributed by atoms with van der Waals surface area (Å²) >= 11 is 5.98. The fourth-order valence-electron chi connectivity index (χ4n) is 1.86. The number of hydrogen-bond donors (Lipinski definition) is 2. The first-order chi connectivity index (χ1) is 8.69. The highest BCUT2D eigenvalue weighted by molar-refractivity contribution is 6.30. The number of nitrogens with one attached hydrogen (secondary N) is 1. The molecule has 2 aromatic rings. The first kappa shape index (κ1) is 12.9. The fourth-order valence-corrected chi connectivity index (χ4v) is 2.07. The van der Waals surface area contributed by atoms with Gasteiger partial charge in [-0.1, -0.05) is 18.5 Å². The van der Waals surface area contributed by atoms with Gasteiger partial charge < -0.3 is 15.5 Å². The smallest absolute Gasteiger partial charge is 0.152 e. The number of aromatic nitrogens is 2. The molecule has 1 aromatic heterocycles. The molecule has 0 aliphatic carbocycles. The maximum atomic E-state index is 5.98. The van der Waals surface area contributed by atoms with Crippen molar-refractivity contribution >= 4 is 11.6 Å². The van der Waals surface area contributed by atoms with Crippen LogP contribution in [0.5, 0.6) is 5.75 Å². The summed E-state index contributed by atoms with van der Waals surface area (Å²) in [4.78, 5) is 7.40. The molecule has 0 radical (unpaired) electrons. The minimum Gasteiger partial charge on any atom is -0.496 e. The summed E-state index contributed by atoms with van der Waals surface area (Å²) in [7, 11) is 1.67. The molecule has 3 N–H and O–H groups in total. The van der Waals surface area contributed by atoms with Gasteiger partial charge in [0.1, 0.15) is 11.6 Å². The summed E-state index contributed by atoms with van der Waals surface area (Å²) in [5, 5.41) is 0.432. The molecule has 0 saturated heterocycles. The van der Waals surface area contributed by atoms with Crippen molar-refractivity contribution < 1.29 is 4.74 Å². The fraction of sp³-hybridized carbons (Fsp3) is 0.308. The number of nitrogens with two attached hydrogens (primary N) is 1. The van der Waals surface area contributed by atoms with Crippen molar-refractivity contribution in [1.29, 1.82) is 0 Å². The highest BCUT2D eigenvalue weighted by Crippen LogP contribution is 2.27. The standard InChI is InChI=1S/C13H16ClN3O/c1-3-8-6-9(4-5-11(8)18-2)13-16-10(7-15)12(14)17-13/h4-6H,3,7,15H2,1-2H3,(H,16,17). The van der Waals surface area contributed by atoms with Crippen molar-refractivity contribution in [3.05, 3.63) is 34.6 Å². The van der Waals surface area contributed by atoms with Crippen LogP contribution in [-0.4, -0.2) is 17.1 Å². The van der Waals surface area contributed by atoms with E-state index in [9.17, 15) is 0 Å². The molecule has 4 nitrogen and oxygen atoms in total. The van der Waals surface area contributed by atoms with Crippen LogP contribution in [0, 0.1) is 0 Å². The van der Waals surface area contributed by atoms with E-state index in [1.165, 1.54) is 0 Å². The van der Waals surface area contributed by atoms with Gasteiger partial charge >= 0.3 is 0 Å². The Labute approximate surface area is 111 Å². The second kappa shape index (κ2) is 5.42. The molecule has 0 unspecified atom stereocenters. The molecule has 0 fully saturated rings. The lowest BCUT2D eigenvalue weighted by Crippen LogP contribution is -1.97. The third-order valence-corrected chi connectivity index (χ3v) is 3.18. The largest absolute Gasteiger partial charge is 0.496 e. The number of ether oxygens (including phenoxy) is 1. The molecule has 0 aliphatic heterocycles. The predicted octanol–water partition coefficient (Wildman–Crippen LogP) is 2.76. The first-order valence-corrected chi connectivity index (χ1v) is 6.19. The SMILES string of the molecule is CCc1cc(-c2nc(Cl)c(CN)[nH]2)ccc1OC. The van der Waals surface area contributed by atoms with Crippen molar-refractivity contribution in [2.24, 2.45) is 5.73 Å². The highest BCUT2D eigenvalue weighted by atomic mass is 35.5. The summed E-state index contributed by atoms with van der Waals surface area (Å²) in [6, 6.07) is 5.94. The van der Waals surface area contributed by atoms with Gasteiger partial charge in [0, 0.05) is 12.1 Å². The Bertz CT molecular complexity index is 551. The molecule has 0 bridgehead atoms. The number of benzene rings is 1. The number of methoxy groups -OCH3 is 1. The Hall–Kier alpha value is -1.52. The van der Waals surface area contributed by atoms with Crippen molar-refractivity contribution in [2.75, 3.05) is 7.11 Å². The van der Waals surface area contributed by atoms with Gasteiger partial charge in [-0.15, -0.1) is 0 Å². The summed E-state index contributed by atoms with van der Waals surface area (Å²) in [6.07, 6.45) is 0.898. The Morgan fingerprint density at radius 2 is 2.22 bits per heavy atom. The van der Waals surface area contributed by atoms with Gasteiger partial charge in [-0.3, -0.25) is 0 Å². The molecule has 0 atom stereocenters. The second-order valence-electron chi connectivity index (χ2n) is 3.94. The van der Waals surface area contributed by atoms with Crippen LogP contribution in [0.25, 0.3) is 11.4 Å². The van der Waals surface area contributed by atoms with Gasteiger partial charge in [0.2, 0.25) is 0 Å². The Morgan fingerprint density at radius 1 is 1.44 bits per heavy atom. The first-order valence-electron chi connectivity index (χ1n) is 5.81. The number of halogens is 1. The lowest BCUT2D eigenvalue weighted by molar-refractivity contribution is 0.410. The van der Waals surface area contributed by atoms with Crippen LogP contribution in [0.15, 0.2) is 18.2 Å². The lowest BCUT2D eigenvalue weighted by Gasteiger charge is -2.07. The van der Waals surface area contributed by atoms with Crippen molar-refractivity contribution in [1.82, 2.24) is 9.97 Å². The van der Waals surface area contributed by atoms with Gasteiger partial charge in [0.15, 0.2) is 5.15 Å². The van der Waals surface area contributed by atoms with E-state index < -0.39 is 0 Å². The molecule has 0 spiro atoms. The molecule has 0 saturated carbocycles. The van der Waals surface area contributed by atoms with E-state index in [4.69, 9.17) is 22.1 Å². The van der Waals surface area contributed by atoms with Crippen molar-refractivity contribution in [3.63, 3.8) is 0 Å². The molecule has 18 heavy (non-hydrogen) atoms. The van der Waals surface area contributed by atoms with Crippen molar-refractivity contribution in [3.8, 4) is 17.1 Å². The average molecular weight is 266 g/mol. The molecular formula is C13H16ClN3O. The predicted molar refractivity (Wildman–Crippen MR) is 72.9 cm³/mol. The number of aromatic amines is 1. The molecule has 96 valence electrons. The van der Waals surface area contributed by atoms with Gasteiger partial charge in [-0.2, -0.15) is 0 Å². The van der Waals surface area contributed by atoms with E-state index in [2.05, 4.69) is 16.9 Å². The maximum Gasteiger partial charge on any atom is 0.152 e. The Kier molecular flexibility index (Phi) is 3.89. The third-order valence-electron chi connectivity index (χ3n) is 2.87. The van der Waals surface area contributed by atoms with E-state index in [-0.39, 0.29) is 0 Å². The van der Waals surface area contributed by atoms with E-state index in [0.29, 0.717) is 11.7 Å². The van der Waals surface area contributed by atoms with E-state index >= 15 is 0 Å². The van der Waals surface area contributed by atoms with E-state index in [1.807, 2.05) is 18.2 Å². The maximum absolute atomic E-state index is 5.98. The molecule has 5 heteroatoms. The Morgan fingerprint density at radius 3 is 2.78 bits per heavy atom. The van der Waals surface area contributed by atoms with Crippen LogP contribution in [0.3, 0.4) is 0 Å². The second-order valence-corrected chi connectivity index (χ2v) is 4.30. The van der Waals surface area contributed by atoms with Crippen LogP contribution in [0.1, 0.15) is 18.2 Å². The van der Waals surface area contributed by atoms with Gasteiger partial charge in [-0.25, -0.2) is 4.98 Å². The van der Waals surface area contributed by atoms with E-state index in [0.717, 1.165) is 34.8 Å². The molecule has 1 aromatic carbocycles. The average Bonchev–Trinajstić information content (AvgIpc) is 2.79. The van der Waals surface area contributed by atoms with Crippen molar-refractivity contribution in [2.45, 2.75) is 19.9 Å². The number of imidazole rings is 1. The summed E-state index contributed by atoms with van der Waals surface area (Å²) in [5.74, 6) is 1.62. The molecule has 0 amide bonds. The zero-order valence-electron chi connectivity index (χ0n) is 10.5. The summed E-state index contributed by atoms with van der Waals surface area (Å²) in [5.41, 5.74) is 8.44. The topological polar surface area (TPSA) is 63.9 Å². The van der Waals surface area contributed by atoms with Gasteiger partial charge in [-0.05, 0) is 30.2 Å². The molecule has 0 aliphatic rings. The van der Waals surface area contributed by atoms with Gasteiger partial charge in [0.05, 0.1) is 12.8 Å².